The van der Waals surface area contributed by atoms with Crippen molar-refractivity contribution >= 4 is 56.4 Å². The molecule has 74 heavy (non-hydrogen) atoms. The Bertz CT molecular complexity index is 3370. The average Bonchev–Trinajstić information content (AvgIpc) is 3.44. The molecule has 372 valence electrons. The standard InChI is InChI=1S/C33H30N4O2.C27H24F2N4O2/c38-33(35-27-13-10-25(11-14-27)24-6-2-1-3-7-24)36-32-17-16-29(30-8-4-5-9-31(30)32)26-12-15-28(34-22-26)23-37-18-20-39-21-19-37;28-19-6-9-24(29)26(15-19)32-27(34)31-25-10-8-21(22-3-1-2-4-23(22)25)18-5-7-20(30-16-18)17-33-11-13-35-14-12-33/h1-17,22H,18-21,23H2,(H2,35,36,38);1-10,15-16H,11-14,17H2,(H2,31,32,34). The summed E-state index contributed by atoms with van der Waals surface area (Å²) in [6.45, 7) is 8.37. The number of benzene rings is 7. The molecule has 2 aromatic heterocycles. The molecule has 14 heteroatoms. The van der Waals surface area contributed by atoms with E-state index < -0.39 is 17.7 Å². The highest BCUT2D eigenvalue weighted by atomic mass is 19.1. The van der Waals surface area contributed by atoms with Crippen molar-refractivity contribution in [2.75, 3.05) is 73.9 Å². The molecule has 0 saturated carbocycles. The number of morpholine rings is 2. The predicted octanol–water partition coefficient (Wildman–Crippen LogP) is 12.7. The third kappa shape index (κ3) is 12.3. The van der Waals surface area contributed by atoms with Crippen molar-refractivity contribution < 1.29 is 27.8 Å². The Morgan fingerprint density at radius 3 is 1.39 bits per heavy atom. The number of halogens is 2. The summed E-state index contributed by atoms with van der Waals surface area (Å²) in [7, 11) is 0. The maximum absolute atomic E-state index is 13.9. The van der Waals surface area contributed by atoms with Crippen LogP contribution in [-0.4, -0.2) is 84.4 Å². The molecule has 9 aromatic rings. The van der Waals surface area contributed by atoms with Crippen LogP contribution in [0.2, 0.25) is 0 Å². The Balaban J connectivity index is 0.000000170. The normalized spacial score (nSPS) is 13.9. The van der Waals surface area contributed by atoms with Crippen molar-refractivity contribution in [1.29, 1.82) is 0 Å². The van der Waals surface area contributed by atoms with E-state index in [0.717, 1.165) is 162 Å². The Kier molecular flexibility index (Phi) is 15.6. The number of hydrogen-bond acceptors (Lipinski definition) is 8. The third-order valence-electron chi connectivity index (χ3n) is 13.0. The number of hydrogen-bond donors (Lipinski definition) is 4. The van der Waals surface area contributed by atoms with E-state index in [1.54, 1.807) is 6.07 Å². The molecule has 2 aliphatic rings. The van der Waals surface area contributed by atoms with Gasteiger partial charge in [-0.15, -0.1) is 0 Å². The number of rotatable bonds is 11. The van der Waals surface area contributed by atoms with E-state index in [4.69, 9.17) is 14.5 Å². The quantitative estimate of drug-likeness (QED) is 0.101. The highest BCUT2D eigenvalue weighted by molar-refractivity contribution is 6.11. The molecule has 0 aliphatic carbocycles. The molecule has 0 unspecified atom stereocenters. The fourth-order valence-electron chi connectivity index (χ4n) is 9.18. The zero-order chi connectivity index (χ0) is 50.6. The second-order valence-corrected chi connectivity index (χ2v) is 18.0. The molecule has 4 amide bonds. The second-order valence-electron chi connectivity index (χ2n) is 18.0. The van der Waals surface area contributed by atoms with Gasteiger partial charge in [0, 0.05) is 85.3 Å². The number of nitrogens with zero attached hydrogens (tertiary/aromatic N) is 4. The van der Waals surface area contributed by atoms with E-state index in [9.17, 15) is 18.4 Å². The highest BCUT2D eigenvalue weighted by Gasteiger charge is 2.17. The van der Waals surface area contributed by atoms with Gasteiger partial charge in [0.1, 0.15) is 11.6 Å². The molecule has 2 aliphatic heterocycles. The van der Waals surface area contributed by atoms with E-state index in [1.807, 2.05) is 122 Å². The molecule has 2 fully saturated rings. The zero-order valence-corrected chi connectivity index (χ0v) is 40.6. The minimum atomic E-state index is -0.716. The first-order valence-electron chi connectivity index (χ1n) is 24.6. The van der Waals surface area contributed by atoms with Crippen molar-refractivity contribution in [3.63, 3.8) is 0 Å². The zero-order valence-electron chi connectivity index (χ0n) is 40.6. The van der Waals surface area contributed by atoms with Gasteiger partial charge in [-0.1, -0.05) is 115 Å². The van der Waals surface area contributed by atoms with Crippen molar-refractivity contribution in [3.05, 3.63) is 205 Å². The summed E-state index contributed by atoms with van der Waals surface area (Å²) in [5.41, 5.74) is 10.2. The van der Waals surface area contributed by atoms with Crippen LogP contribution in [0.15, 0.2) is 182 Å². The molecular formula is C60H54F2N8O4. The average molecular weight is 989 g/mol. The molecule has 0 spiro atoms. The van der Waals surface area contributed by atoms with Gasteiger partial charge in [0.2, 0.25) is 0 Å². The van der Waals surface area contributed by atoms with Crippen LogP contribution in [0.25, 0.3) is 54.9 Å². The summed E-state index contributed by atoms with van der Waals surface area (Å²) >= 11 is 0. The van der Waals surface area contributed by atoms with Gasteiger partial charge >= 0.3 is 12.1 Å². The number of aromatic nitrogens is 2. The number of pyridine rings is 2. The Labute approximate surface area is 428 Å². The van der Waals surface area contributed by atoms with Gasteiger partial charge in [-0.2, -0.15) is 0 Å². The molecule has 4 heterocycles. The van der Waals surface area contributed by atoms with Crippen LogP contribution >= 0.6 is 0 Å². The lowest BCUT2D eigenvalue weighted by atomic mass is 9.98. The molecular weight excluding hydrogens is 935 g/mol. The Hall–Kier alpha value is -8.40. The lowest BCUT2D eigenvalue weighted by molar-refractivity contribution is 0.0336. The van der Waals surface area contributed by atoms with E-state index in [1.165, 1.54) is 0 Å². The van der Waals surface area contributed by atoms with Crippen LogP contribution in [-0.2, 0) is 22.6 Å². The number of ether oxygens (including phenoxy) is 2. The monoisotopic (exact) mass is 988 g/mol. The summed E-state index contributed by atoms with van der Waals surface area (Å²) in [5, 5.41) is 14.9. The lowest BCUT2D eigenvalue weighted by Gasteiger charge is -2.26. The number of nitrogens with one attached hydrogen (secondary N) is 4. The minimum absolute atomic E-state index is 0.230. The van der Waals surface area contributed by atoms with Gasteiger partial charge in [-0.05, 0) is 81.6 Å². The number of fused-ring (bicyclic) bond motifs is 2. The van der Waals surface area contributed by atoms with E-state index in [0.29, 0.717) is 5.69 Å². The number of anilines is 4. The maximum atomic E-state index is 13.9. The van der Waals surface area contributed by atoms with Gasteiger partial charge in [-0.25, -0.2) is 18.4 Å². The first-order valence-corrected chi connectivity index (χ1v) is 24.6. The predicted molar refractivity (Wildman–Crippen MR) is 290 cm³/mol. The topological polar surface area (TPSA) is 133 Å². The minimum Gasteiger partial charge on any atom is -0.379 e. The van der Waals surface area contributed by atoms with Crippen LogP contribution in [0.5, 0.6) is 0 Å². The number of carbonyl (C=O) groups excluding carboxylic acids is 2. The molecule has 2 saturated heterocycles. The molecule has 0 atom stereocenters. The fourth-order valence-corrected chi connectivity index (χ4v) is 9.18. The van der Waals surface area contributed by atoms with E-state index in [2.05, 4.69) is 72.4 Å². The first kappa shape index (κ1) is 49.2. The molecule has 12 nitrogen and oxygen atoms in total. The van der Waals surface area contributed by atoms with Crippen LogP contribution in [0, 0.1) is 11.6 Å². The van der Waals surface area contributed by atoms with Gasteiger partial charge in [0.15, 0.2) is 0 Å². The summed E-state index contributed by atoms with van der Waals surface area (Å²) < 4.78 is 38.2. The van der Waals surface area contributed by atoms with Gasteiger partial charge in [0.25, 0.3) is 0 Å². The molecule has 0 radical (unpaired) electrons. The van der Waals surface area contributed by atoms with Crippen molar-refractivity contribution in [2.45, 2.75) is 13.1 Å². The largest absolute Gasteiger partial charge is 0.379 e. The van der Waals surface area contributed by atoms with Crippen LogP contribution < -0.4 is 21.3 Å². The highest BCUT2D eigenvalue weighted by Crippen LogP contribution is 2.35. The molecule has 7 aromatic carbocycles. The van der Waals surface area contributed by atoms with Crippen LogP contribution in [0.3, 0.4) is 0 Å². The Morgan fingerprint density at radius 1 is 0.446 bits per heavy atom. The van der Waals surface area contributed by atoms with Gasteiger partial charge in [0.05, 0.1) is 54.9 Å². The summed E-state index contributed by atoms with van der Waals surface area (Å²) in [6, 6.07) is 51.8. The fraction of sp³-hybridized carbons (Fsp3) is 0.167. The number of urea groups is 2. The molecule has 0 bridgehead atoms. The number of amides is 4. The van der Waals surface area contributed by atoms with Crippen molar-refractivity contribution in [2.24, 2.45) is 0 Å². The van der Waals surface area contributed by atoms with Crippen molar-refractivity contribution in [3.8, 4) is 33.4 Å². The lowest BCUT2D eigenvalue weighted by Crippen LogP contribution is -2.35. The first-order chi connectivity index (χ1) is 36.3. The Morgan fingerprint density at radius 2 is 0.892 bits per heavy atom. The third-order valence-corrected chi connectivity index (χ3v) is 13.0. The van der Waals surface area contributed by atoms with E-state index in [-0.39, 0.29) is 11.7 Å². The second kappa shape index (κ2) is 23.4. The van der Waals surface area contributed by atoms with Crippen molar-refractivity contribution in [1.82, 2.24) is 19.8 Å². The summed E-state index contributed by atoms with van der Waals surface area (Å²) in [4.78, 5) is 39.5. The van der Waals surface area contributed by atoms with Crippen LogP contribution in [0.4, 0.5) is 41.1 Å². The van der Waals surface area contributed by atoms with Gasteiger partial charge < -0.3 is 30.7 Å². The van der Waals surface area contributed by atoms with Gasteiger partial charge in [-0.3, -0.25) is 19.8 Å². The molecule has 4 N–H and O–H groups in total. The molecule has 11 rings (SSSR count). The SMILES string of the molecule is O=C(Nc1cc(F)ccc1F)Nc1ccc(-c2ccc(CN3CCOCC3)nc2)c2ccccc12.O=C(Nc1ccc(-c2ccccc2)cc1)Nc1ccc(-c2ccc(CN3CCOCC3)nc2)c2ccccc12. The number of carbonyl (C=O) groups is 2. The maximum Gasteiger partial charge on any atom is 0.323 e. The van der Waals surface area contributed by atoms with Crippen LogP contribution in [0.1, 0.15) is 11.4 Å². The summed E-state index contributed by atoms with van der Waals surface area (Å²) in [5.74, 6) is -1.35. The summed E-state index contributed by atoms with van der Waals surface area (Å²) in [6.07, 6.45) is 3.81. The smallest absolute Gasteiger partial charge is 0.323 e. The van der Waals surface area contributed by atoms with E-state index >= 15 is 0 Å².